The van der Waals surface area contributed by atoms with Gasteiger partial charge in [0.15, 0.2) is 0 Å². The summed E-state index contributed by atoms with van der Waals surface area (Å²) in [4.78, 5) is 0. The number of aliphatic hydroxyl groups is 1. The van der Waals surface area contributed by atoms with Gasteiger partial charge >= 0.3 is 0 Å². The summed E-state index contributed by atoms with van der Waals surface area (Å²) in [6.07, 6.45) is 0. The highest BCUT2D eigenvalue weighted by atomic mass is 35.5. The molecule has 116 valence electrons. The quantitative estimate of drug-likeness (QED) is 0.860. The largest absolute Gasteiger partial charge is 0.507 e. The van der Waals surface area contributed by atoms with Crippen LogP contribution in [0.1, 0.15) is 25.0 Å². The number of aromatic hydroxyl groups is 1. The second kappa shape index (κ2) is 6.07. The van der Waals surface area contributed by atoms with Crippen molar-refractivity contribution in [1.82, 2.24) is 0 Å². The van der Waals surface area contributed by atoms with Crippen LogP contribution in [-0.2, 0) is 0 Å². The van der Waals surface area contributed by atoms with E-state index in [0.717, 1.165) is 0 Å². The molecule has 2 N–H and O–H groups in total. The lowest BCUT2D eigenvalue weighted by Gasteiger charge is -2.20. The van der Waals surface area contributed by atoms with E-state index in [1.54, 1.807) is 0 Å². The van der Waals surface area contributed by atoms with Gasteiger partial charge in [0.25, 0.3) is 0 Å². The molecule has 0 fully saturated rings. The predicted molar refractivity (Wildman–Crippen MR) is 82.9 cm³/mol. The lowest BCUT2D eigenvalue weighted by atomic mass is 9.91. The topological polar surface area (TPSA) is 40.5 Å². The van der Waals surface area contributed by atoms with Gasteiger partial charge in [-0.15, -0.1) is 0 Å². The average molecular weight is 325 g/mol. The van der Waals surface area contributed by atoms with Crippen LogP contribution in [0.4, 0.5) is 8.78 Å². The van der Waals surface area contributed by atoms with Crippen molar-refractivity contribution in [3.63, 3.8) is 0 Å². The number of phenols is 1. The average Bonchev–Trinajstić information content (AvgIpc) is 2.42. The van der Waals surface area contributed by atoms with Crippen molar-refractivity contribution in [2.75, 3.05) is 0 Å². The van der Waals surface area contributed by atoms with Crippen LogP contribution in [0.25, 0.3) is 5.57 Å². The van der Waals surface area contributed by atoms with Crippen molar-refractivity contribution < 1.29 is 19.0 Å². The molecule has 0 bridgehead atoms. The highest BCUT2D eigenvalue weighted by Crippen LogP contribution is 2.38. The van der Waals surface area contributed by atoms with Crippen LogP contribution in [-0.4, -0.2) is 15.8 Å². The number of rotatable bonds is 3. The summed E-state index contributed by atoms with van der Waals surface area (Å²) in [7, 11) is 0. The molecule has 0 aliphatic carbocycles. The second-order valence-corrected chi connectivity index (χ2v) is 5.85. The number of halogens is 3. The third-order valence-corrected chi connectivity index (χ3v) is 3.35. The zero-order valence-electron chi connectivity index (χ0n) is 12.1. The molecule has 0 aliphatic heterocycles. The molecule has 2 rings (SSSR count). The van der Waals surface area contributed by atoms with E-state index >= 15 is 0 Å². The van der Waals surface area contributed by atoms with Gasteiger partial charge in [0.1, 0.15) is 23.0 Å². The number of hydrogen-bond acceptors (Lipinski definition) is 2. The first-order valence-corrected chi connectivity index (χ1v) is 6.95. The van der Waals surface area contributed by atoms with E-state index < -0.39 is 17.2 Å². The van der Waals surface area contributed by atoms with E-state index in [2.05, 4.69) is 0 Å². The molecule has 5 heteroatoms. The fraction of sp³-hybridized carbons (Fsp3) is 0.176. The van der Waals surface area contributed by atoms with Crippen LogP contribution in [0.5, 0.6) is 5.75 Å². The summed E-state index contributed by atoms with van der Waals surface area (Å²) >= 11 is 5.79. The Labute approximate surface area is 132 Å². The molecule has 0 aromatic heterocycles. The third-order valence-electron chi connectivity index (χ3n) is 3.12. The number of benzene rings is 2. The van der Waals surface area contributed by atoms with E-state index in [1.165, 1.54) is 56.3 Å². The van der Waals surface area contributed by atoms with Crippen LogP contribution in [0, 0.1) is 5.82 Å². The maximum absolute atomic E-state index is 14.7. The number of phenolic OH excluding ortho intramolecular Hbond substituents is 1. The van der Waals surface area contributed by atoms with E-state index in [9.17, 15) is 19.0 Å². The summed E-state index contributed by atoms with van der Waals surface area (Å²) in [6, 6.07) is 9.34. The Hall–Kier alpha value is -1.91. The molecule has 2 aromatic rings. The molecule has 2 aromatic carbocycles. The summed E-state index contributed by atoms with van der Waals surface area (Å²) in [5.74, 6) is -1.53. The molecule has 0 radical (unpaired) electrons. The van der Waals surface area contributed by atoms with Gasteiger partial charge in [-0.05, 0) is 49.7 Å². The third kappa shape index (κ3) is 3.46. The Bertz CT molecular complexity index is 716. The predicted octanol–water partition coefficient (Wildman–Crippen LogP) is 4.68. The summed E-state index contributed by atoms with van der Waals surface area (Å²) in [6.45, 7) is 2.58. The van der Waals surface area contributed by atoms with Gasteiger partial charge in [-0.1, -0.05) is 23.7 Å². The van der Waals surface area contributed by atoms with E-state index in [0.29, 0.717) is 10.6 Å². The normalized spacial score (nSPS) is 13.0. The summed E-state index contributed by atoms with van der Waals surface area (Å²) in [5.41, 5.74) is -1.27. The molecule has 0 saturated heterocycles. The van der Waals surface area contributed by atoms with Crippen LogP contribution < -0.4 is 0 Å². The van der Waals surface area contributed by atoms with Crippen molar-refractivity contribution in [3.05, 3.63) is 70.3 Å². The Morgan fingerprint density at radius 2 is 1.68 bits per heavy atom. The Morgan fingerprint density at radius 1 is 1.09 bits per heavy atom. The Balaban J connectivity index is 2.74. The Morgan fingerprint density at radius 3 is 2.18 bits per heavy atom. The van der Waals surface area contributed by atoms with Gasteiger partial charge < -0.3 is 10.2 Å². The van der Waals surface area contributed by atoms with Gasteiger partial charge in [0.2, 0.25) is 0 Å². The highest BCUT2D eigenvalue weighted by molar-refractivity contribution is 6.30. The van der Waals surface area contributed by atoms with E-state index in [4.69, 9.17) is 11.6 Å². The van der Waals surface area contributed by atoms with Crippen molar-refractivity contribution in [2.45, 2.75) is 19.4 Å². The molecular weight excluding hydrogens is 310 g/mol. The molecule has 0 amide bonds. The molecule has 0 unspecified atom stereocenters. The number of hydrogen-bond donors (Lipinski definition) is 2. The molecule has 22 heavy (non-hydrogen) atoms. The second-order valence-electron chi connectivity index (χ2n) is 5.42. The maximum atomic E-state index is 14.7. The van der Waals surface area contributed by atoms with Crippen LogP contribution >= 0.6 is 11.6 Å². The maximum Gasteiger partial charge on any atom is 0.139 e. The van der Waals surface area contributed by atoms with E-state index in [1.807, 2.05) is 0 Å². The summed E-state index contributed by atoms with van der Waals surface area (Å²) < 4.78 is 27.8. The van der Waals surface area contributed by atoms with Gasteiger partial charge in [-0.3, -0.25) is 0 Å². The first-order chi connectivity index (χ1) is 10.2. The minimum atomic E-state index is -1.75. The SMILES string of the molecule is CC(C)(O)/C(F)=C(/c1ccc(F)cc1)c1ccc(Cl)cc1O. The van der Waals surface area contributed by atoms with Gasteiger partial charge in [-0.2, -0.15) is 0 Å². The van der Waals surface area contributed by atoms with Gasteiger partial charge in [0, 0.05) is 16.2 Å². The van der Waals surface area contributed by atoms with Crippen LogP contribution in [0.15, 0.2) is 48.3 Å². The van der Waals surface area contributed by atoms with Crippen molar-refractivity contribution in [1.29, 1.82) is 0 Å². The molecular formula is C17H15ClF2O2. The molecule has 0 saturated carbocycles. The molecule has 0 aliphatic rings. The molecule has 0 heterocycles. The van der Waals surface area contributed by atoms with Crippen molar-refractivity contribution in [3.8, 4) is 5.75 Å². The minimum absolute atomic E-state index is 0.0123. The van der Waals surface area contributed by atoms with Gasteiger partial charge in [0.05, 0.1) is 0 Å². The lowest BCUT2D eigenvalue weighted by molar-refractivity contribution is 0.0950. The van der Waals surface area contributed by atoms with Crippen LogP contribution in [0.2, 0.25) is 5.02 Å². The molecule has 0 atom stereocenters. The van der Waals surface area contributed by atoms with Gasteiger partial charge in [-0.25, -0.2) is 8.78 Å². The van der Waals surface area contributed by atoms with E-state index in [-0.39, 0.29) is 16.9 Å². The zero-order valence-corrected chi connectivity index (χ0v) is 12.8. The summed E-state index contributed by atoms with van der Waals surface area (Å²) in [5, 5.41) is 20.3. The first kappa shape index (κ1) is 16.5. The van der Waals surface area contributed by atoms with Crippen LogP contribution in [0.3, 0.4) is 0 Å². The zero-order chi connectivity index (χ0) is 16.5. The fourth-order valence-electron chi connectivity index (χ4n) is 2.04. The first-order valence-electron chi connectivity index (χ1n) is 6.57. The monoisotopic (exact) mass is 324 g/mol. The van der Waals surface area contributed by atoms with Crippen molar-refractivity contribution >= 4 is 17.2 Å². The lowest BCUT2D eigenvalue weighted by Crippen LogP contribution is -2.21. The Kier molecular flexibility index (Phi) is 4.54. The molecule has 2 nitrogen and oxygen atoms in total. The molecule has 0 spiro atoms. The van der Waals surface area contributed by atoms with Crippen molar-refractivity contribution in [2.24, 2.45) is 0 Å². The standard InChI is InChI=1S/C17H15ClF2O2/c1-17(2,22)16(20)15(10-3-6-12(19)7-4-10)13-8-5-11(18)9-14(13)21/h3-9,21-22H,1-2H3/b16-15+. The highest BCUT2D eigenvalue weighted by Gasteiger charge is 2.27. The fourth-order valence-corrected chi connectivity index (χ4v) is 2.21. The minimum Gasteiger partial charge on any atom is -0.507 e. The smallest absolute Gasteiger partial charge is 0.139 e.